The first-order chi connectivity index (χ1) is 11.1. The Morgan fingerprint density at radius 2 is 2.09 bits per heavy atom. The number of rotatable bonds is 4. The summed E-state index contributed by atoms with van der Waals surface area (Å²) in [5, 5.41) is 0. The molecule has 3 rings (SSSR count). The summed E-state index contributed by atoms with van der Waals surface area (Å²) < 4.78 is 5.14. The van der Waals surface area contributed by atoms with Crippen LogP contribution in [-0.4, -0.2) is 60.7 Å². The van der Waals surface area contributed by atoms with Crippen molar-refractivity contribution >= 4 is 11.7 Å². The Balaban J connectivity index is 1.77. The monoisotopic (exact) mass is 318 g/mol. The normalized spacial score (nSPS) is 24.7. The molecule has 0 aromatic carbocycles. The van der Waals surface area contributed by atoms with E-state index < -0.39 is 0 Å². The fourth-order valence-corrected chi connectivity index (χ4v) is 3.84. The van der Waals surface area contributed by atoms with Crippen LogP contribution >= 0.6 is 0 Å². The number of aromatic nitrogens is 2. The van der Waals surface area contributed by atoms with Crippen molar-refractivity contribution in [2.75, 3.05) is 44.8 Å². The number of carbonyl (C=O) groups is 1. The van der Waals surface area contributed by atoms with Crippen LogP contribution in [0.4, 0.5) is 5.82 Å². The van der Waals surface area contributed by atoms with Gasteiger partial charge in [-0.3, -0.25) is 4.79 Å². The van der Waals surface area contributed by atoms with Gasteiger partial charge in [0.05, 0.1) is 12.0 Å². The molecule has 1 spiro atoms. The molecule has 23 heavy (non-hydrogen) atoms. The van der Waals surface area contributed by atoms with E-state index in [1.807, 2.05) is 11.8 Å². The Kier molecular flexibility index (Phi) is 4.53. The third-order valence-electron chi connectivity index (χ3n) is 5.35. The number of hydrogen-bond acceptors (Lipinski definition) is 5. The van der Waals surface area contributed by atoms with Crippen molar-refractivity contribution in [1.82, 2.24) is 14.9 Å². The SMILES string of the molecule is COCCN1CCCC2(CCN(c3ncnc(C)c3C)C2)C1=O. The minimum absolute atomic E-state index is 0.239. The number of ether oxygens (including phenoxy) is 1. The molecule has 126 valence electrons. The van der Waals surface area contributed by atoms with Gasteiger partial charge in [0.25, 0.3) is 0 Å². The molecule has 0 bridgehead atoms. The van der Waals surface area contributed by atoms with Crippen LogP contribution in [0.2, 0.25) is 0 Å². The highest BCUT2D eigenvalue weighted by molar-refractivity contribution is 5.85. The van der Waals surface area contributed by atoms with Crippen LogP contribution in [0.25, 0.3) is 0 Å². The van der Waals surface area contributed by atoms with E-state index in [2.05, 4.69) is 21.8 Å². The number of aryl methyl sites for hydroxylation is 1. The van der Waals surface area contributed by atoms with Crippen molar-refractivity contribution in [3.05, 3.63) is 17.6 Å². The van der Waals surface area contributed by atoms with Gasteiger partial charge in [-0.15, -0.1) is 0 Å². The van der Waals surface area contributed by atoms with Crippen LogP contribution in [0.3, 0.4) is 0 Å². The zero-order valence-electron chi connectivity index (χ0n) is 14.3. The second kappa shape index (κ2) is 6.43. The van der Waals surface area contributed by atoms with Crippen molar-refractivity contribution in [1.29, 1.82) is 0 Å². The highest BCUT2D eigenvalue weighted by Crippen LogP contribution is 2.41. The summed E-state index contributed by atoms with van der Waals surface area (Å²) in [6.45, 7) is 7.88. The Morgan fingerprint density at radius 1 is 1.26 bits per heavy atom. The lowest BCUT2D eigenvalue weighted by molar-refractivity contribution is -0.145. The number of hydrogen-bond donors (Lipinski definition) is 0. The molecule has 2 saturated heterocycles. The molecule has 0 aliphatic carbocycles. The maximum Gasteiger partial charge on any atom is 0.230 e. The van der Waals surface area contributed by atoms with Gasteiger partial charge in [-0.25, -0.2) is 9.97 Å². The lowest BCUT2D eigenvalue weighted by Crippen LogP contribution is -2.51. The molecule has 3 heterocycles. The summed E-state index contributed by atoms with van der Waals surface area (Å²) in [4.78, 5) is 26.0. The van der Waals surface area contributed by atoms with Crippen molar-refractivity contribution in [2.45, 2.75) is 33.1 Å². The van der Waals surface area contributed by atoms with Gasteiger partial charge in [-0.2, -0.15) is 0 Å². The molecule has 2 aliphatic rings. The summed E-state index contributed by atoms with van der Waals surface area (Å²) in [5.74, 6) is 1.28. The van der Waals surface area contributed by atoms with Gasteiger partial charge >= 0.3 is 0 Å². The highest BCUT2D eigenvalue weighted by atomic mass is 16.5. The van der Waals surface area contributed by atoms with Crippen LogP contribution in [0, 0.1) is 19.3 Å². The van der Waals surface area contributed by atoms with E-state index in [1.54, 1.807) is 13.4 Å². The molecule has 0 saturated carbocycles. The Bertz CT molecular complexity index is 592. The average Bonchev–Trinajstić information content (AvgIpc) is 2.97. The zero-order valence-corrected chi connectivity index (χ0v) is 14.3. The van der Waals surface area contributed by atoms with E-state index in [1.165, 1.54) is 0 Å². The smallest absolute Gasteiger partial charge is 0.230 e. The number of anilines is 1. The predicted molar refractivity (Wildman–Crippen MR) is 88.5 cm³/mol. The van der Waals surface area contributed by atoms with Gasteiger partial charge in [-0.1, -0.05) is 0 Å². The molecule has 1 amide bonds. The lowest BCUT2D eigenvalue weighted by atomic mass is 9.78. The zero-order chi connectivity index (χ0) is 16.4. The van der Waals surface area contributed by atoms with Crippen molar-refractivity contribution in [3.63, 3.8) is 0 Å². The van der Waals surface area contributed by atoms with Crippen LogP contribution < -0.4 is 4.90 Å². The summed E-state index contributed by atoms with van der Waals surface area (Å²) in [6, 6.07) is 0. The Morgan fingerprint density at radius 3 is 2.87 bits per heavy atom. The van der Waals surface area contributed by atoms with Gasteiger partial charge in [0.2, 0.25) is 5.91 Å². The van der Waals surface area contributed by atoms with Crippen molar-refractivity contribution in [3.8, 4) is 0 Å². The van der Waals surface area contributed by atoms with E-state index in [-0.39, 0.29) is 5.41 Å². The minimum atomic E-state index is -0.239. The molecule has 1 atom stereocenters. The minimum Gasteiger partial charge on any atom is -0.383 e. The van der Waals surface area contributed by atoms with Crippen LogP contribution in [-0.2, 0) is 9.53 Å². The first-order valence-corrected chi connectivity index (χ1v) is 8.39. The molecular weight excluding hydrogens is 292 g/mol. The number of nitrogens with zero attached hydrogens (tertiary/aromatic N) is 4. The van der Waals surface area contributed by atoms with Crippen molar-refractivity contribution in [2.24, 2.45) is 5.41 Å². The summed E-state index contributed by atoms with van der Waals surface area (Å²) in [5.41, 5.74) is 1.88. The molecule has 6 heteroatoms. The summed E-state index contributed by atoms with van der Waals surface area (Å²) in [7, 11) is 1.68. The first kappa shape index (κ1) is 16.2. The molecule has 1 aromatic rings. The second-order valence-corrected chi connectivity index (χ2v) is 6.75. The van der Waals surface area contributed by atoms with Gasteiger partial charge in [0, 0.05) is 44.5 Å². The van der Waals surface area contributed by atoms with E-state index >= 15 is 0 Å². The largest absolute Gasteiger partial charge is 0.383 e. The molecular formula is C17H26N4O2. The first-order valence-electron chi connectivity index (χ1n) is 8.39. The molecule has 2 fully saturated rings. The van der Waals surface area contributed by atoms with E-state index in [4.69, 9.17) is 4.74 Å². The molecule has 6 nitrogen and oxygen atoms in total. The average molecular weight is 318 g/mol. The van der Waals surface area contributed by atoms with E-state index in [0.29, 0.717) is 19.1 Å². The quantitative estimate of drug-likeness (QED) is 0.843. The topological polar surface area (TPSA) is 58.6 Å². The van der Waals surface area contributed by atoms with Gasteiger partial charge in [0.1, 0.15) is 12.1 Å². The highest BCUT2D eigenvalue weighted by Gasteiger charge is 2.48. The van der Waals surface area contributed by atoms with Crippen molar-refractivity contribution < 1.29 is 9.53 Å². The number of piperidine rings is 1. The predicted octanol–water partition coefficient (Wildman–Crippen LogP) is 1.56. The van der Waals surface area contributed by atoms with Crippen LogP contribution in [0.1, 0.15) is 30.5 Å². The number of carbonyl (C=O) groups excluding carboxylic acids is 1. The number of amides is 1. The maximum absolute atomic E-state index is 13.0. The summed E-state index contributed by atoms with van der Waals surface area (Å²) in [6.07, 6.45) is 4.59. The van der Waals surface area contributed by atoms with Gasteiger partial charge in [-0.05, 0) is 33.1 Å². The number of methoxy groups -OCH3 is 1. The fourth-order valence-electron chi connectivity index (χ4n) is 3.84. The molecule has 0 radical (unpaired) electrons. The molecule has 1 unspecified atom stereocenters. The lowest BCUT2D eigenvalue weighted by Gasteiger charge is -2.39. The van der Waals surface area contributed by atoms with Gasteiger partial charge in [0.15, 0.2) is 0 Å². The maximum atomic E-state index is 13.0. The third-order valence-corrected chi connectivity index (χ3v) is 5.35. The van der Waals surface area contributed by atoms with E-state index in [0.717, 1.165) is 56.0 Å². The Labute approximate surface area is 137 Å². The summed E-state index contributed by atoms with van der Waals surface area (Å²) >= 11 is 0. The van der Waals surface area contributed by atoms with Crippen LogP contribution in [0.5, 0.6) is 0 Å². The number of likely N-dealkylation sites (tertiary alicyclic amines) is 1. The second-order valence-electron chi connectivity index (χ2n) is 6.75. The molecule has 2 aliphatic heterocycles. The fraction of sp³-hybridized carbons (Fsp3) is 0.706. The van der Waals surface area contributed by atoms with Crippen LogP contribution in [0.15, 0.2) is 6.33 Å². The third kappa shape index (κ3) is 2.92. The molecule has 1 aromatic heterocycles. The van der Waals surface area contributed by atoms with Gasteiger partial charge < -0.3 is 14.5 Å². The Hall–Kier alpha value is -1.69. The molecule has 0 N–H and O–H groups in total. The van der Waals surface area contributed by atoms with E-state index in [9.17, 15) is 4.79 Å². The standard InChI is InChI=1S/C17H26N4O2/c1-13-14(2)18-12-19-15(13)21-8-6-17(11-21)5-4-7-20(16(17)22)9-10-23-3/h12H,4-11H2,1-3H3.